The van der Waals surface area contributed by atoms with Crippen molar-refractivity contribution in [3.05, 3.63) is 69.9 Å². The summed E-state index contributed by atoms with van der Waals surface area (Å²) in [6, 6.07) is 12.9. The summed E-state index contributed by atoms with van der Waals surface area (Å²) >= 11 is 3.18. The van der Waals surface area contributed by atoms with E-state index < -0.39 is 17.9 Å². The predicted molar refractivity (Wildman–Crippen MR) is 87.1 cm³/mol. The Morgan fingerprint density at radius 1 is 1.13 bits per heavy atom. The molecule has 118 valence electrons. The van der Waals surface area contributed by atoms with Crippen molar-refractivity contribution in [1.29, 1.82) is 0 Å². The van der Waals surface area contributed by atoms with Crippen LogP contribution in [0.25, 0.3) is 0 Å². The third-order valence-corrected chi connectivity index (χ3v) is 4.23. The third-order valence-electron chi connectivity index (χ3n) is 3.73. The van der Waals surface area contributed by atoms with E-state index in [1.54, 1.807) is 12.1 Å². The third kappa shape index (κ3) is 3.42. The van der Waals surface area contributed by atoms with E-state index in [2.05, 4.69) is 21.2 Å². The van der Waals surface area contributed by atoms with Crippen LogP contribution < -0.4 is 5.32 Å². The van der Waals surface area contributed by atoms with Crippen LogP contribution in [0.5, 0.6) is 0 Å². The van der Waals surface area contributed by atoms with E-state index in [9.17, 15) is 14.0 Å². The summed E-state index contributed by atoms with van der Waals surface area (Å²) in [5, 5.41) is 2.66. The maximum absolute atomic E-state index is 13.9. The maximum atomic E-state index is 13.9. The summed E-state index contributed by atoms with van der Waals surface area (Å²) in [5.74, 6) is -0.785. The molecular weight excluding hydrogens is 363 g/mol. The number of carbonyl (C=O) groups is 2. The summed E-state index contributed by atoms with van der Waals surface area (Å²) in [7, 11) is 0. The fourth-order valence-corrected chi connectivity index (χ4v) is 2.87. The van der Waals surface area contributed by atoms with Gasteiger partial charge in [-0.2, -0.15) is 0 Å². The number of nitrogens with zero attached hydrogens (tertiary/aromatic N) is 1. The average Bonchev–Trinajstić information content (AvgIpc) is 2.78. The number of benzene rings is 2. The Morgan fingerprint density at radius 2 is 1.87 bits per heavy atom. The van der Waals surface area contributed by atoms with Crippen LogP contribution in [0.2, 0.25) is 0 Å². The van der Waals surface area contributed by atoms with Crippen LogP contribution in [-0.2, 0) is 17.8 Å². The zero-order chi connectivity index (χ0) is 16.4. The monoisotopic (exact) mass is 376 g/mol. The molecule has 2 aromatic rings. The lowest BCUT2D eigenvalue weighted by Crippen LogP contribution is -2.32. The van der Waals surface area contributed by atoms with Crippen LogP contribution in [0.4, 0.5) is 9.18 Å². The molecule has 1 N–H and O–H groups in total. The highest BCUT2D eigenvalue weighted by Gasteiger charge is 2.38. The van der Waals surface area contributed by atoms with E-state index in [4.69, 9.17) is 0 Å². The van der Waals surface area contributed by atoms with Crippen LogP contribution in [0.15, 0.2) is 53.0 Å². The first-order valence-corrected chi connectivity index (χ1v) is 7.93. The summed E-state index contributed by atoms with van der Waals surface area (Å²) in [5.41, 5.74) is 1.26. The van der Waals surface area contributed by atoms with Crippen molar-refractivity contribution in [3.63, 3.8) is 0 Å². The van der Waals surface area contributed by atoms with Gasteiger partial charge in [0.15, 0.2) is 0 Å². The van der Waals surface area contributed by atoms with E-state index in [1.807, 2.05) is 30.3 Å². The lowest BCUT2D eigenvalue weighted by molar-refractivity contribution is -0.127. The first kappa shape index (κ1) is 15.7. The Morgan fingerprint density at radius 3 is 2.57 bits per heavy atom. The fraction of sp³-hybridized carbons (Fsp3) is 0.176. The van der Waals surface area contributed by atoms with Gasteiger partial charge in [0.25, 0.3) is 5.91 Å². The maximum Gasteiger partial charge on any atom is 0.325 e. The van der Waals surface area contributed by atoms with E-state index in [-0.39, 0.29) is 12.5 Å². The lowest BCUT2D eigenvalue weighted by atomic mass is 10.1. The molecule has 0 aliphatic carbocycles. The molecule has 6 heteroatoms. The summed E-state index contributed by atoms with van der Waals surface area (Å²) in [6.07, 6.45) is 0.421. The van der Waals surface area contributed by atoms with Crippen molar-refractivity contribution < 1.29 is 14.0 Å². The minimum absolute atomic E-state index is 0.0743. The Balaban J connectivity index is 1.74. The number of halogens is 2. The zero-order valence-electron chi connectivity index (χ0n) is 12.1. The number of hydrogen-bond donors (Lipinski definition) is 1. The summed E-state index contributed by atoms with van der Waals surface area (Å²) < 4.78 is 14.5. The smallest absolute Gasteiger partial charge is 0.325 e. The molecule has 0 aromatic heterocycles. The molecule has 1 aliphatic heterocycles. The molecule has 0 saturated carbocycles. The van der Waals surface area contributed by atoms with E-state index in [0.717, 1.165) is 10.5 Å². The van der Waals surface area contributed by atoms with Gasteiger partial charge in [-0.05, 0) is 17.7 Å². The van der Waals surface area contributed by atoms with Gasteiger partial charge in [0, 0.05) is 16.5 Å². The normalized spacial score (nSPS) is 17.5. The standard InChI is InChI=1S/C17H14BrFN2O2/c18-13-7-6-12(14(19)9-13)10-21-16(22)15(20-17(21)23)8-11-4-2-1-3-5-11/h1-7,9,15H,8,10H2,(H,20,23). The van der Waals surface area contributed by atoms with Crippen LogP contribution in [0.3, 0.4) is 0 Å². The van der Waals surface area contributed by atoms with Crippen molar-refractivity contribution in [2.24, 2.45) is 0 Å². The van der Waals surface area contributed by atoms with Crippen LogP contribution in [0.1, 0.15) is 11.1 Å². The molecule has 1 fully saturated rings. The van der Waals surface area contributed by atoms with Crippen molar-refractivity contribution in [3.8, 4) is 0 Å². The first-order chi connectivity index (χ1) is 11.0. The van der Waals surface area contributed by atoms with Gasteiger partial charge in [0.1, 0.15) is 11.9 Å². The predicted octanol–water partition coefficient (Wildman–Crippen LogP) is 3.25. The summed E-state index contributed by atoms with van der Waals surface area (Å²) in [4.78, 5) is 25.5. The zero-order valence-corrected chi connectivity index (χ0v) is 13.7. The Kier molecular flexibility index (Phi) is 4.43. The molecule has 3 amide bonds. The minimum Gasteiger partial charge on any atom is -0.325 e. The van der Waals surface area contributed by atoms with Gasteiger partial charge >= 0.3 is 6.03 Å². The molecule has 0 bridgehead atoms. The molecule has 1 aliphatic rings. The average molecular weight is 377 g/mol. The molecule has 1 heterocycles. The Labute approximate surface area is 141 Å². The highest BCUT2D eigenvalue weighted by Crippen LogP contribution is 2.20. The molecular formula is C17H14BrFN2O2. The largest absolute Gasteiger partial charge is 0.325 e. The molecule has 1 atom stereocenters. The lowest BCUT2D eigenvalue weighted by Gasteiger charge is -2.14. The highest BCUT2D eigenvalue weighted by molar-refractivity contribution is 9.10. The second kappa shape index (κ2) is 6.50. The van der Waals surface area contributed by atoms with Crippen LogP contribution in [0, 0.1) is 5.82 Å². The Hall–Kier alpha value is -2.21. The molecule has 3 rings (SSSR count). The molecule has 0 radical (unpaired) electrons. The number of amides is 3. The van der Waals surface area contributed by atoms with Gasteiger partial charge in [-0.25, -0.2) is 9.18 Å². The SMILES string of the molecule is O=C1NC(Cc2ccccc2)C(=O)N1Cc1ccc(Br)cc1F. The molecule has 1 unspecified atom stereocenters. The van der Waals surface area contributed by atoms with Crippen molar-refractivity contribution >= 4 is 27.9 Å². The summed E-state index contributed by atoms with van der Waals surface area (Å²) in [6.45, 7) is -0.0743. The van der Waals surface area contributed by atoms with Gasteiger partial charge in [0.2, 0.25) is 0 Å². The number of nitrogens with one attached hydrogen (secondary N) is 1. The van der Waals surface area contributed by atoms with Gasteiger partial charge in [-0.3, -0.25) is 9.69 Å². The van der Waals surface area contributed by atoms with E-state index in [0.29, 0.717) is 16.5 Å². The van der Waals surface area contributed by atoms with Gasteiger partial charge in [-0.1, -0.05) is 52.3 Å². The minimum atomic E-state index is -0.608. The fourth-order valence-electron chi connectivity index (χ4n) is 2.54. The van der Waals surface area contributed by atoms with Crippen LogP contribution in [-0.4, -0.2) is 22.9 Å². The van der Waals surface area contributed by atoms with Gasteiger partial charge in [-0.15, -0.1) is 0 Å². The van der Waals surface area contributed by atoms with Crippen molar-refractivity contribution in [2.75, 3.05) is 0 Å². The van der Waals surface area contributed by atoms with Crippen molar-refractivity contribution in [1.82, 2.24) is 10.2 Å². The number of urea groups is 1. The van der Waals surface area contributed by atoms with E-state index in [1.165, 1.54) is 6.07 Å². The first-order valence-electron chi connectivity index (χ1n) is 7.14. The molecule has 23 heavy (non-hydrogen) atoms. The van der Waals surface area contributed by atoms with Crippen molar-refractivity contribution in [2.45, 2.75) is 19.0 Å². The highest BCUT2D eigenvalue weighted by atomic mass is 79.9. The van der Waals surface area contributed by atoms with Gasteiger partial charge in [0.05, 0.1) is 6.54 Å². The molecule has 2 aromatic carbocycles. The molecule has 1 saturated heterocycles. The number of hydrogen-bond acceptors (Lipinski definition) is 2. The molecule has 0 spiro atoms. The quantitative estimate of drug-likeness (QED) is 0.832. The molecule has 4 nitrogen and oxygen atoms in total. The second-order valence-corrected chi connectivity index (χ2v) is 6.27. The van der Waals surface area contributed by atoms with Crippen LogP contribution >= 0.6 is 15.9 Å². The Bertz CT molecular complexity index is 752. The second-order valence-electron chi connectivity index (χ2n) is 5.35. The topological polar surface area (TPSA) is 49.4 Å². The van der Waals surface area contributed by atoms with Gasteiger partial charge < -0.3 is 5.32 Å². The number of imide groups is 1. The van der Waals surface area contributed by atoms with E-state index >= 15 is 0 Å². The number of carbonyl (C=O) groups excluding carboxylic acids is 2. The number of rotatable bonds is 4.